The van der Waals surface area contributed by atoms with Crippen molar-refractivity contribution in [2.75, 3.05) is 13.2 Å². The maximum atomic E-state index is 11.7. The fraction of sp³-hybridized carbons (Fsp3) is 0.600. The van der Waals surface area contributed by atoms with Gasteiger partial charge in [0, 0.05) is 13.0 Å². The van der Waals surface area contributed by atoms with Gasteiger partial charge in [-0.25, -0.2) is 0 Å². The highest BCUT2D eigenvalue weighted by atomic mass is 16.3. The van der Waals surface area contributed by atoms with E-state index in [1.165, 1.54) is 6.26 Å². The predicted octanol–water partition coefficient (Wildman–Crippen LogP) is 1.31. The van der Waals surface area contributed by atoms with Crippen molar-refractivity contribution >= 4 is 11.8 Å². The maximum absolute atomic E-state index is 11.7. The van der Waals surface area contributed by atoms with Crippen LogP contribution in [0.25, 0.3) is 0 Å². The summed E-state index contributed by atoms with van der Waals surface area (Å²) in [7, 11) is 0. The molecule has 1 heterocycles. The van der Waals surface area contributed by atoms with Crippen molar-refractivity contribution in [2.45, 2.75) is 39.2 Å². The maximum Gasteiger partial charge on any atom is 0.286 e. The number of carbonyl (C=O) groups excluding carboxylic acids is 2. The average Bonchev–Trinajstić information content (AvgIpc) is 2.96. The number of furan rings is 1. The minimum Gasteiger partial charge on any atom is -0.459 e. The van der Waals surface area contributed by atoms with Crippen LogP contribution in [0.15, 0.2) is 22.8 Å². The zero-order valence-electron chi connectivity index (χ0n) is 12.6. The molecule has 6 nitrogen and oxygen atoms in total. The Bertz CT molecular complexity index is 429. The fourth-order valence-electron chi connectivity index (χ4n) is 1.99. The summed E-state index contributed by atoms with van der Waals surface area (Å²) in [6, 6.07) is 3.03. The van der Waals surface area contributed by atoms with Gasteiger partial charge in [-0.2, -0.15) is 0 Å². The van der Waals surface area contributed by atoms with Gasteiger partial charge in [0.2, 0.25) is 5.91 Å². The van der Waals surface area contributed by atoms with Gasteiger partial charge in [-0.3, -0.25) is 9.59 Å². The highest BCUT2D eigenvalue weighted by Gasteiger charge is 2.13. The summed E-state index contributed by atoms with van der Waals surface area (Å²) in [6.45, 7) is 4.43. The molecule has 0 aromatic carbocycles. The van der Waals surface area contributed by atoms with Crippen molar-refractivity contribution in [3.63, 3.8) is 0 Å². The molecule has 0 spiro atoms. The third-order valence-corrected chi connectivity index (χ3v) is 2.95. The number of aliphatic hydroxyl groups excluding tert-OH is 1. The minimum absolute atomic E-state index is 0.0564. The van der Waals surface area contributed by atoms with E-state index in [2.05, 4.69) is 10.6 Å². The van der Waals surface area contributed by atoms with E-state index in [1.54, 1.807) is 12.1 Å². The minimum atomic E-state index is -0.284. The quantitative estimate of drug-likeness (QED) is 0.599. The van der Waals surface area contributed by atoms with Crippen LogP contribution in [0.5, 0.6) is 0 Å². The Morgan fingerprint density at radius 3 is 2.71 bits per heavy atom. The Labute approximate surface area is 124 Å². The Morgan fingerprint density at radius 2 is 2.14 bits per heavy atom. The van der Waals surface area contributed by atoms with Crippen LogP contribution in [0.1, 0.15) is 43.7 Å². The SMILES string of the molecule is CC(C)CC(CO)NC(=O)CCCNC(=O)c1ccco1. The molecular weight excluding hydrogens is 272 g/mol. The zero-order valence-corrected chi connectivity index (χ0v) is 12.6. The number of amides is 2. The first-order chi connectivity index (χ1) is 10.0. The predicted molar refractivity (Wildman–Crippen MR) is 78.7 cm³/mol. The highest BCUT2D eigenvalue weighted by molar-refractivity contribution is 5.91. The van der Waals surface area contributed by atoms with E-state index in [1.807, 2.05) is 13.8 Å². The van der Waals surface area contributed by atoms with Crippen molar-refractivity contribution < 1.29 is 19.1 Å². The van der Waals surface area contributed by atoms with Crippen LogP contribution < -0.4 is 10.6 Å². The van der Waals surface area contributed by atoms with Gasteiger partial charge in [-0.15, -0.1) is 0 Å². The largest absolute Gasteiger partial charge is 0.459 e. The van der Waals surface area contributed by atoms with E-state index in [0.717, 1.165) is 6.42 Å². The topological polar surface area (TPSA) is 91.6 Å². The highest BCUT2D eigenvalue weighted by Crippen LogP contribution is 2.04. The first-order valence-electron chi connectivity index (χ1n) is 7.24. The van der Waals surface area contributed by atoms with E-state index >= 15 is 0 Å². The Hall–Kier alpha value is -1.82. The molecule has 1 rings (SSSR count). The van der Waals surface area contributed by atoms with Gasteiger partial charge in [0.25, 0.3) is 5.91 Å². The number of aliphatic hydroxyl groups is 1. The van der Waals surface area contributed by atoms with Crippen LogP contribution in [0.3, 0.4) is 0 Å². The molecule has 0 aliphatic rings. The second-order valence-corrected chi connectivity index (χ2v) is 5.41. The third kappa shape index (κ3) is 6.94. The summed E-state index contributed by atoms with van der Waals surface area (Å²) in [5.41, 5.74) is 0. The van der Waals surface area contributed by atoms with Gasteiger partial charge in [0.1, 0.15) is 0 Å². The summed E-state index contributed by atoms with van der Waals surface area (Å²) in [6.07, 6.45) is 3.04. The Morgan fingerprint density at radius 1 is 1.38 bits per heavy atom. The monoisotopic (exact) mass is 296 g/mol. The molecule has 2 amide bonds. The lowest BCUT2D eigenvalue weighted by atomic mass is 10.0. The van der Waals surface area contributed by atoms with Crippen LogP contribution in [0.2, 0.25) is 0 Å². The molecule has 6 heteroatoms. The number of carbonyl (C=O) groups is 2. The molecule has 118 valence electrons. The molecule has 1 aromatic rings. The Kier molecular flexibility index (Phi) is 7.53. The summed E-state index contributed by atoms with van der Waals surface area (Å²) < 4.78 is 4.96. The summed E-state index contributed by atoms with van der Waals surface area (Å²) in [5.74, 6) is 0.280. The molecule has 3 N–H and O–H groups in total. The van der Waals surface area contributed by atoms with Crippen molar-refractivity contribution in [3.05, 3.63) is 24.2 Å². The number of rotatable bonds is 9. The second kappa shape index (κ2) is 9.18. The number of nitrogens with one attached hydrogen (secondary N) is 2. The molecule has 0 aliphatic heterocycles. The molecule has 0 radical (unpaired) electrons. The molecule has 1 unspecified atom stereocenters. The van der Waals surface area contributed by atoms with E-state index in [4.69, 9.17) is 4.42 Å². The standard InChI is InChI=1S/C15H24N2O4/c1-11(2)9-12(10-18)17-14(19)6-3-7-16-15(20)13-5-4-8-21-13/h4-5,8,11-12,18H,3,6-7,9-10H2,1-2H3,(H,16,20)(H,17,19). The van der Waals surface area contributed by atoms with Gasteiger partial charge in [0.15, 0.2) is 5.76 Å². The van der Waals surface area contributed by atoms with Crippen LogP contribution in [0, 0.1) is 5.92 Å². The van der Waals surface area contributed by atoms with Crippen LogP contribution in [-0.2, 0) is 4.79 Å². The average molecular weight is 296 g/mol. The molecule has 0 aliphatic carbocycles. The van der Waals surface area contributed by atoms with E-state index in [-0.39, 0.29) is 30.2 Å². The molecule has 0 bridgehead atoms. The molecule has 0 fully saturated rings. The number of hydrogen-bond acceptors (Lipinski definition) is 4. The van der Waals surface area contributed by atoms with Gasteiger partial charge in [0.05, 0.1) is 18.9 Å². The van der Waals surface area contributed by atoms with Crippen molar-refractivity contribution in [1.29, 1.82) is 0 Å². The first kappa shape index (κ1) is 17.2. The molecule has 0 saturated carbocycles. The summed E-state index contributed by atoms with van der Waals surface area (Å²) in [5, 5.41) is 14.7. The van der Waals surface area contributed by atoms with Gasteiger partial charge < -0.3 is 20.2 Å². The van der Waals surface area contributed by atoms with Crippen LogP contribution in [0.4, 0.5) is 0 Å². The molecule has 1 atom stereocenters. The fourth-order valence-corrected chi connectivity index (χ4v) is 1.99. The molecule has 0 saturated heterocycles. The van der Waals surface area contributed by atoms with Gasteiger partial charge >= 0.3 is 0 Å². The Balaban J connectivity index is 2.17. The zero-order chi connectivity index (χ0) is 15.7. The third-order valence-electron chi connectivity index (χ3n) is 2.95. The van der Waals surface area contributed by atoms with Gasteiger partial charge in [-0.1, -0.05) is 13.8 Å². The van der Waals surface area contributed by atoms with Gasteiger partial charge in [-0.05, 0) is 30.9 Å². The number of hydrogen-bond donors (Lipinski definition) is 3. The van der Waals surface area contributed by atoms with Crippen molar-refractivity contribution in [3.8, 4) is 0 Å². The molecular formula is C15H24N2O4. The van der Waals surface area contributed by atoms with E-state index < -0.39 is 0 Å². The smallest absolute Gasteiger partial charge is 0.286 e. The van der Waals surface area contributed by atoms with Crippen molar-refractivity contribution in [1.82, 2.24) is 10.6 Å². The molecule has 1 aromatic heterocycles. The van der Waals surface area contributed by atoms with E-state index in [0.29, 0.717) is 25.3 Å². The van der Waals surface area contributed by atoms with E-state index in [9.17, 15) is 14.7 Å². The van der Waals surface area contributed by atoms with Crippen LogP contribution >= 0.6 is 0 Å². The van der Waals surface area contributed by atoms with Crippen LogP contribution in [-0.4, -0.2) is 36.1 Å². The summed E-state index contributed by atoms with van der Waals surface area (Å²) in [4.78, 5) is 23.3. The normalized spacial score (nSPS) is 12.2. The lowest BCUT2D eigenvalue weighted by Crippen LogP contribution is -2.38. The first-order valence-corrected chi connectivity index (χ1v) is 7.24. The van der Waals surface area contributed by atoms with Crippen molar-refractivity contribution in [2.24, 2.45) is 5.92 Å². The lowest BCUT2D eigenvalue weighted by Gasteiger charge is -2.18. The second-order valence-electron chi connectivity index (χ2n) is 5.41. The lowest BCUT2D eigenvalue weighted by molar-refractivity contribution is -0.122. The summed E-state index contributed by atoms with van der Waals surface area (Å²) >= 11 is 0. The molecule has 21 heavy (non-hydrogen) atoms.